The monoisotopic (exact) mass is 239 g/mol. The molecule has 0 amide bonds. The SMILES string of the molecule is C[C@@H](N)c1cc(F)ccc1OC1CCCOC1. The van der Waals surface area contributed by atoms with Crippen molar-refractivity contribution in [3.63, 3.8) is 0 Å². The molecule has 0 bridgehead atoms. The number of hydrogen-bond donors (Lipinski definition) is 1. The highest BCUT2D eigenvalue weighted by molar-refractivity contribution is 5.36. The van der Waals surface area contributed by atoms with Gasteiger partial charge in [-0.1, -0.05) is 0 Å². The number of benzene rings is 1. The summed E-state index contributed by atoms with van der Waals surface area (Å²) in [5.74, 6) is 0.376. The van der Waals surface area contributed by atoms with Crippen LogP contribution in [-0.2, 0) is 4.74 Å². The highest BCUT2D eigenvalue weighted by Gasteiger charge is 2.18. The van der Waals surface area contributed by atoms with E-state index in [-0.39, 0.29) is 18.0 Å². The molecule has 0 spiro atoms. The van der Waals surface area contributed by atoms with Gasteiger partial charge in [0.25, 0.3) is 0 Å². The van der Waals surface area contributed by atoms with Crippen molar-refractivity contribution in [3.8, 4) is 5.75 Å². The molecule has 1 heterocycles. The average Bonchev–Trinajstić information content (AvgIpc) is 2.32. The molecule has 0 radical (unpaired) electrons. The Morgan fingerprint density at radius 1 is 1.53 bits per heavy atom. The van der Waals surface area contributed by atoms with Crippen molar-refractivity contribution in [1.82, 2.24) is 0 Å². The first-order valence-electron chi connectivity index (χ1n) is 5.96. The lowest BCUT2D eigenvalue weighted by Crippen LogP contribution is -2.28. The molecule has 94 valence electrons. The second kappa shape index (κ2) is 5.47. The number of halogens is 1. The summed E-state index contributed by atoms with van der Waals surface area (Å²) in [6.45, 7) is 3.21. The molecule has 0 saturated carbocycles. The molecule has 1 fully saturated rings. The summed E-state index contributed by atoms with van der Waals surface area (Å²) in [7, 11) is 0. The zero-order chi connectivity index (χ0) is 12.3. The van der Waals surface area contributed by atoms with Gasteiger partial charge in [-0.2, -0.15) is 0 Å². The summed E-state index contributed by atoms with van der Waals surface area (Å²) < 4.78 is 24.3. The maximum absolute atomic E-state index is 13.2. The lowest BCUT2D eigenvalue weighted by Gasteiger charge is -2.25. The number of nitrogens with two attached hydrogens (primary N) is 1. The van der Waals surface area contributed by atoms with E-state index in [1.807, 2.05) is 6.92 Å². The normalized spacial score (nSPS) is 22.2. The van der Waals surface area contributed by atoms with Crippen molar-refractivity contribution in [3.05, 3.63) is 29.6 Å². The van der Waals surface area contributed by atoms with Crippen LogP contribution in [0.1, 0.15) is 31.4 Å². The topological polar surface area (TPSA) is 44.5 Å². The first kappa shape index (κ1) is 12.3. The van der Waals surface area contributed by atoms with E-state index in [1.165, 1.54) is 12.1 Å². The van der Waals surface area contributed by atoms with E-state index < -0.39 is 0 Å². The van der Waals surface area contributed by atoms with E-state index in [9.17, 15) is 4.39 Å². The summed E-state index contributed by atoms with van der Waals surface area (Å²) >= 11 is 0. The highest BCUT2D eigenvalue weighted by atomic mass is 19.1. The van der Waals surface area contributed by atoms with Gasteiger partial charge in [-0.3, -0.25) is 0 Å². The van der Waals surface area contributed by atoms with Crippen LogP contribution in [0, 0.1) is 5.82 Å². The molecule has 1 aromatic carbocycles. The Kier molecular flexibility index (Phi) is 3.97. The van der Waals surface area contributed by atoms with Crippen LogP contribution in [0.4, 0.5) is 4.39 Å². The van der Waals surface area contributed by atoms with Gasteiger partial charge < -0.3 is 15.2 Å². The molecule has 1 aliphatic heterocycles. The molecule has 0 aliphatic carbocycles. The van der Waals surface area contributed by atoms with Crippen molar-refractivity contribution < 1.29 is 13.9 Å². The van der Waals surface area contributed by atoms with Gasteiger partial charge in [-0.05, 0) is 38.0 Å². The van der Waals surface area contributed by atoms with Gasteiger partial charge >= 0.3 is 0 Å². The molecule has 17 heavy (non-hydrogen) atoms. The first-order chi connectivity index (χ1) is 8.16. The largest absolute Gasteiger partial charge is 0.488 e. The van der Waals surface area contributed by atoms with Gasteiger partial charge in [0.1, 0.15) is 17.7 Å². The summed E-state index contributed by atoms with van der Waals surface area (Å²) in [4.78, 5) is 0. The van der Waals surface area contributed by atoms with Crippen LogP contribution >= 0.6 is 0 Å². The second-order valence-electron chi connectivity index (χ2n) is 4.43. The standard InChI is InChI=1S/C13H18FNO2/c1-9(15)12-7-10(14)4-5-13(12)17-11-3-2-6-16-8-11/h4-5,7,9,11H,2-3,6,8,15H2,1H3/t9-,11?/m1/s1. The van der Waals surface area contributed by atoms with Gasteiger partial charge in [0.15, 0.2) is 0 Å². The van der Waals surface area contributed by atoms with Gasteiger partial charge in [-0.25, -0.2) is 4.39 Å². The molecular formula is C13H18FNO2. The van der Waals surface area contributed by atoms with E-state index in [4.69, 9.17) is 15.2 Å². The Labute approximate surface area is 101 Å². The van der Waals surface area contributed by atoms with Crippen LogP contribution in [0.3, 0.4) is 0 Å². The fourth-order valence-electron chi connectivity index (χ4n) is 1.97. The molecule has 2 rings (SSSR count). The minimum atomic E-state index is -0.287. The van der Waals surface area contributed by atoms with Crippen molar-refractivity contribution in [2.24, 2.45) is 5.73 Å². The van der Waals surface area contributed by atoms with Crippen LogP contribution in [0.5, 0.6) is 5.75 Å². The predicted molar refractivity (Wildman–Crippen MR) is 63.5 cm³/mol. The Hall–Kier alpha value is -1.13. The molecule has 1 saturated heterocycles. The molecule has 1 aromatic rings. The van der Waals surface area contributed by atoms with Crippen molar-refractivity contribution >= 4 is 0 Å². The van der Waals surface area contributed by atoms with Gasteiger partial charge in [0, 0.05) is 18.2 Å². The number of hydrogen-bond acceptors (Lipinski definition) is 3. The highest BCUT2D eigenvalue weighted by Crippen LogP contribution is 2.27. The van der Waals surface area contributed by atoms with E-state index in [0.717, 1.165) is 19.4 Å². The molecule has 1 aliphatic rings. The third-order valence-corrected chi connectivity index (χ3v) is 2.87. The fraction of sp³-hybridized carbons (Fsp3) is 0.538. The Bertz CT molecular complexity index is 376. The average molecular weight is 239 g/mol. The fourth-order valence-corrected chi connectivity index (χ4v) is 1.97. The number of rotatable bonds is 3. The molecule has 4 heteroatoms. The molecule has 1 unspecified atom stereocenters. The summed E-state index contributed by atoms with van der Waals surface area (Å²) in [6.07, 6.45) is 2.02. The van der Waals surface area contributed by atoms with E-state index in [0.29, 0.717) is 17.9 Å². The maximum atomic E-state index is 13.2. The van der Waals surface area contributed by atoms with Crippen LogP contribution in [0.15, 0.2) is 18.2 Å². The maximum Gasteiger partial charge on any atom is 0.124 e. The summed E-state index contributed by atoms with van der Waals surface area (Å²) in [5.41, 5.74) is 6.51. The number of ether oxygens (including phenoxy) is 2. The van der Waals surface area contributed by atoms with Gasteiger partial charge in [-0.15, -0.1) is 0 Å². The van der Waals surface area contributed by atoms with E-state index in [1.54, 1.807) is 6.07 Å². The Balaban J connectivity index is 2.13. The van der Waals surface area contributed by atoms with Crippen LogP contribution in [-0.4, -0.2) is 19.3 Å². The van der Waals surface area contributed by atoms with Crippen molar-refractivity contribution in [1.29, 1.82) is 0 Å². The lowest BCUT2D eigenvalue weighted by atomic mass is 10.1. The lowest BCUT2D eigenvalue weighted by molar-refractivity contribution is 0.00690. The zero-order valence-corrected chi connectivity index (χ0v) is 9.99. The third kappa shape index (κ3) is 3.17. The molecule has 3 nitrogen and oxygen atoms in total. The molecule has 2 atom stereocenters. The van der Waals surface area contributed by atoms with E-state index >= 15 is 0 Å². The minimum absolute atomic E-state index is 0.0479. The Morgan fingerprint density at radius 2 is 2.35 bits per heavy atom. The van der Waals surface area contributed by atoms with Gasteiger partial charge in [0.2, 0.25) is 0 Å². The summed E-state index contributed by atoms with van der Waals surface area (Å²) in [6, 6.07) is 4.22. The molecule has 2 N–H and O–H groups in total. The van der Waals surface area contributed by atoms with Gasteiger partial charge in [0.05, 0.1) is 6.61 Å². The van der Waals surface area contributed by atoms with Crippen LogP contribution in [0.25, 0.3) is 0 Å². The van der Waals surface area contributed by atoms with Crippen molar-refractivity contribution in [2.45, 2.75) is 31.9 Å². The predicted octanol–water partition coefficient (Wildman–Crippen LogP) is 2.40. The zero-order valence-electron chi connectivity index (χ0n) is 9.99. The van der Waals surface area contributed by atoms with Crippen molar-refractivity contribution in [2.75, 3.05) is 13.2 Å². The quantitative estimate of drug-likeness (QED) is 0.881. The van der Waals surface area contributed by atoms with Crippen LogP contribution in [0.2, 0.25) is 0 Å². The van der Waals surface area contributed by atoms with Crippen LogP contribution < -0.4 is 10.5 Å². The first-order valence-corrected chi connectivity index (χ1v) is 5.96. The molecular weight excluding hydrogens is 221 g/mol. The Morgan fingerprint density at radius 3 is 3.00 bits per heavy atom. The smallest absolute Gasteiger partial charge is 0.124 e. The van der Waals surface area contributed by atoms with E-state index in [2.05, 4.69) is 0 Å². The minimum Gasteiger partial charge on any atom is -0.488 e. The third-order valence-electron chi connectivity index (χ3n) is 2.87. The second-order valence-corrected chi connectivity index (χ2v) is 4.43. The summed E-state index contributed by atoms with van der Waals surface area (Å²) in [5, 5.41) is 0. The molecule has 0 aromatic heterocycles.